The first-order valence-corrected chi connectivity index (χ1v) is 7.11. The van der Waals surface area contributed by atoms with Gasteiger partial charge in [0.2, 0.25) is 5.78 Å². The van der Waals surface area contributed by atoms with Gasteiger partial charge in [-0.3, -0.25) is 4.40 Å². The summed E-state index contributed by atoms with van der Waals surface area (Å²) in [6, 6.07) is 4.36. The van der Waals surface area contributed by atoms with Crippen molar-refractivity contribution in [2.45, 2.75) is 20.4 Å². The fourth-order valence-electron chi connectivity index (χ4n) is 2.49. The number of nitrogens with one attached hydrogen (secondary N) is 1. The van der Waals surface area contributed by atoms with Crippen molar-refractivity contribution < 1.29 is 0 Å². The standard InChI is InChI=1S/C14H17BrN4/c1-8-5-10-11(6-9(8)2)19-13(15)12(7-16-3)18(4)14(19)17-10/h5-6,16H,7H2,1-4H3. The number of fused-ring (bicyclic) bond motifs is 3. The van der Waals surface area contributed by atoms with Crippen LogP contribution in [0.15, 0.2) is 16.7 Å². The van der Waals surface area contributed by atoms with Gasteiger partial charge in [0.1, 0.15) is 4.60 Å². The number of imidazole rings is 2. The average Bonchev–Trinajstić information content (AvgIpc) is 2.82. The van der Waals surface area contributed by atoms with Gasteiger partial charge >= 0.3 is 0 Å². The van der Waals surface area contributed by atoms with Gasteiger partial charge in [0.25, 0.3) is 0 Å². The van der Waals surface area contributed by atoms with Gasteiger partial charge in [-0.1, -0.05) is 0 Å². The molecule has 100 valence electrons. The molecule has 2 aromatic heterocycles. The molecule has 3 aromatic rings. The van der Waals surface area contributed by atoms with Crippen molar-refractivity contribution in [3.8, 4) is 0 Å². The van der Waals surface area contributed by atoms with Crippen LogP contribution >= 0.6 is 15.9 Å². The molecule has 0 amide bonds. The van der Waals surface area contributed by atoms with Crippen molar-refractivity contribution in [3.05, 3.63) is 33.6 Å². The van der Waals surface area contributed by atoms with E-state index in [2.05, 4.69) is 63.2 Å². The van der Waals surface area contributed by atoms with Gasteiger partial charge in [0, 0.05) is 13.6 Å². The Morgan fingerprint density at radius 3 is 2.63 bits per heavy atom. The van der Waals surface area contributed by atoms with E-state index in [0.29, 0.717) is 0 Å². The second kappa shape index (κ2) is 4.35. The molecule has 0 fully saturated rings. The van der Waals surface area contributed by atoms with Crippen molar-refractivity contribution >= 4 is 32.7 Å². The van der Waals surface area contributed by atoms with Crippen LogP contribution in [0.25, 0.3) is 16.8 Å². The number of aromatic nitrogens is 3. The number of benzene rings is 1. The van der Waals surface area contributed by atoms with Crippen molar-refractivity contribution in [3.63, 3.8) is 0 Å². The van der Waals surface area contributed by atoms with E-state index in [1.807, 2.05) is 7.05 Å². The number of halogens is 1. The molecule has 2 heterocycles. The van der Waals surface area contributed by atoms with Crippen LogP contribution in [0.4, 0.5) is 0 Å². The minimum Gasteiger partial charge on any atom is -0.315 e. The predicted octanol–water partition coefficient (Wildman–Crippen LogP) is 2.92. The summed E-state index contributed by atoms with van der Waals surface area (Å²) in [7, 11) is 4.01. The molecule has 0 radical (unpaired) electrons. The Morgan fingerprint density at radius 1 is 1.26 bits per heavy atom. The molecule has 0 bridgehead atoms. The van der Waals surface area contributed by atoms with Gasteiger partial charge in [-0.15, -0.1) is 0 Å². The molecule has 0 aliphatic rings. The minimum absolute atomic E-state index is 0.812. The fraction of sp³-hybridized carbons (Fsp3) is 0.357. The Bertz CT molecular complexity index is 782. The summed E-state index contributed by atoms with van der Waals surface area (Å²) >= 11 is 3.71. The van der Waals surface area contributed by atoms with Crippen molar-refractivity contribution in [1.29, 1.82) is 0 Å². The van der Waals surface area contributed by atoms with Gasteiger partial charge < -0.3 is 9.88 Å². The quantitative estimate of drug-likeness (QED) is 0.787. The van der Waals surface area contributed by atoms with Crippen molar-refractivity contribution in [1.82, 2.24) is 19.3 Å². The molecule has 5 heteroatoms. The summed E-state index contributed by atoms with van der Waals surface area (Å²) in [6.45, 7) is 5.08. The number of aryl methyl sites for hydroxylation is 3. The lowest BCUT2D eigenvalue weighted by Gasteiger charge is -2.03. The monoisotopic (exact) mass is 320 g/mol. The zero-order valence-electron chi connectivity index (χ0n) is 11.6. The highest BCUT2D eigenvalue weighted by Crippen LogP contribution is 2.28. The van der Waals surface area contributed by atoms with Crippen LogP contribution in [0.3, 0.4) is 0 Å². The van der Waals surface area contributed by atoms with E-state index in [4.69, 9.17) is 4.98 Å². The SMILES string of the molecule is CNCc1c(Br)n2c3cc(C)c(C)cc3nc2n1C. The topological polar surface area (TPSA) is 34.3 Å². The molecule has 0 atom stereocenters. The Kier molecular flexibility index (Phi) is 2.91. The van der Waals surface area contributed by atoms with E-state index in [9.17, 15) is 0 Å². The highest BCUT2D eigenvalue weighted by Gasteiger charge is 2.17. The molecule has 3 rings (SSSR count). The Balaban J connectivity index is 2.43. The molecular weight excluding hydrogens is 304 g/mol. The lowest BCUT2D eigenvalue weighted by molar-refractivity contribution is 0.738. The second-order valence-corrected chi connectivity index (χ2v) is 5.75. The van der Waals surface area contributed by atoms with E-state index in [0.717, 1.165) is 28.0 Å². The van der Waals surface area contributed by atoms with Gasteiger partial charge in [0.15, 0.2) is 0 Å². The third kappa shape index (κ3) is 1.72. The molecular formula is C14H17BrN4. The van der Waals surface area contributed by atoms with Crippen LogP contribution in [0.2, 0.25) is 0 Å². The minimum atomic E-state index is 0.812. The molecule has 0 unspecified atom stereocenters. The van der Waals surface area contributed by atoms with Gasteiger partial charge in [-0.25, -0.2) is 4.98 Å². The summed E-state index contributed by atoms with van der Waals surface area (Å²) in [5.74, 6) is 0.970. The molecule has 1 N–H and O–H groups in total. The number of hydrogen-bond acceptors (Lipinski definition) is 2. The van der Waals surface area contributed by atoms with E-state index >= 15 is 0 Å². The molecule has 19 heavy (non-hydrogen) atoms. The van der Waals surface area contributed by atoms with E-state index in [-0.39, 0.29) is 0 Å². The second-order valence-electron chi connectivity index (χ2n) is 5.00. The van der Waals surface area contributed by atoms with Crippen LogP contribution in [0.5, 0.6) is 0 Å². The summed E-state index contributed by atoms with van der Waals surface area (Å²) in [6.07, 6.45) is 0. The van der Waals surface area contributed by atoms with E-state index in [1.165, 1.54) is 16.8 Å². The molecule has 0 aliphatic carbocycles. The molecule has 0 aliphatic heterocycles. The molecule has 0 saturated carbocycles. The summed E-state index contributed by atoms with van der Waals surface area (Å²) < 4.78 is 5.38. The average molecular weight is 321 g/mol. The third-order valence-electron chi connectivity index (χ3n) is 3.74. The van der Waals surface area contributed by atoms with Crippen LogP contribution < -0.4 is 5.32 Å². The van der Waals surface area contributed by atoms with Crippen LogP contribution in [-0.2, 0) is 13.6 Å². The molecule has 4 nitrogen and oxygen atoms in total. The first kappa shape index (κ1) is 12.7. The fourth-order valence-corrected chi connectivity index (χ4v) is 3.24. The first-order valence-electron chi connectivity index (χ1n) is 6.31. The Labute approximate surface area is 120 Å². The molecule has 1 aromatic carbocycles. The highest BCUT2D eigenvalue weighted by molar-refractivity contribution is 9.10. The lowest BCUT2D eigenvalue weighted by Crippen LogP contribution is -2.09. The number of rotatable bonds is 2. The number of hydrogen-bond donors (Lipinski definition) is 1. The first-order chi connectivity index (χ1) is 9.04. The van der Waals surface area contributed by atoms with Gasteiger partial charge in [-0.2, -0.15) is 0 Å². The normalized spacial score (nSPS) is 11.8. The largest absolute Gasteiger partial charge is 0.315 e. The van der Waals surface area contributed by atoms with Gasteiger partial charge in [0.05, 0.1) is 16.7 Å². The van der Waals surface area contributed by atoms with Gasteiger partial charge in [-0.05, 0) is 60.1 Å². The molecule has 0 spiro atoms. The maximum atomic E-state index is 4.75. The smallest absolute Gasteiger partial charge is 0.215 e. The van der Waals surface area contributed by atoms with Crippen LogP contribution in [0, 0.1) is 13.8 Å². The number of nitrogens with zero attached hydrogens (tertiary/aromatic N) is 3. The Morgan fingerprint density at radius 2 is 1.95 bits per heavy atom. The Hall–Kier alpha value is -1.33. The summed E-state index contributed by atoms with van der Waals surface area (Å²) in [5.41, 5.74) is 5.97. The van der Waals surface area contributed by atoms with E-state index in [1.54, 1.807) is 0 Å². The van der Waals surface area contributed by atoms with Crippen LogP contribution in [0.1, 0.15) is 16.8 Å². The maximum Gasteiger partial charge on any atom is 0.215 e. The highest BCUT2D eigenvalue weighted by atomic mass is 79.9. The summed E-state index contributed by atoms with van der Waals surface area (Å²) in [5, 5.41) is 3.19. The van der Waals surface area contributed by atoms with Crippen molar-refractivity contribution in [2.24, 2.45) is 7.05 Å². The lowest BCUT2D eigenvalue weighted by atomic mass is 10.1. The zero-order valence-corrected chi connectivity index (χ0v) is 13.2. The maximum absolute atomic E-state index is 4.75. The predicted molar refractivity (Wildman–Crippen MR) is 81.6 cm³/mol. The third-order valence-corrected chi connectivity index (χ3v) is 4.55. The van der Waals surface area contributed by atoms with Crippen molar-refractivity contribution in [2.75, 3.05) is 7.05 Å². The van der Waals surface area contributed by atoms with E-state index < -0.39 is 0 Å². The molecule has 0 saturated heterocycles. The zero-order chi connectivity index (χ0) is 13.7. The van der Waals surface area contributed by atoms with Crippen LogP contribution in [-0.4, -0.2) is 21.0 Å². The summed E-state index contributed by atoms with van der Waals surface area (Å²) in [4.78, 5) is 4.75.